The van der Waals surface area contributed by atoms with E-state index in [-0.39, 0.29) is 0 Å². The summed E-state index contributed by atoms with van der Waals surface area (Å²) in [5.74, 6) is 1.54. The molecule has 1 aromatic rings. The molecule has 1 aliphatic carbocycles. The van der Waals surface area contributed by atoms with Crippen molar-refractivity contribution >= 4 is 0 Å². The first-order valence-electron chi connectivity index (χ1n) is 8.42. The van der Waals surface area contributed by atoms with Gasteiger partial charge in [-0.15, -0.1) is 0 Å². The van der Waals surface area contributed by atoms with Crippen molar-refractivity contribution in [3.8, 4) is 0 Å². The van der Waals surface area contributed by atoms with E-state index >= 15 is 0 Å². The zero-order valence-corrected chi connectivity index (χ0v) is 13.8. The highest BCUT2D eigenvalue weighted by Crippen LogP contribution is 2.43. The number of nitrogens with zero attached hydrogens (tertiary/aromatic N) is 2. The molecule has 21 heavy (non-hydrogen) atoms. The Morgan fingerprint density at radius 3 is 2.48 bits per heavy atom. The predicted molar refractivity (Wildman–Crippen MR) is 87.1 cm³/mol. The fourth-order valence-electron chi connectivity index (χ4n) is 3.88. The van der Waals surface area contributed by atoms with Gasteiger partial charge in [0.1, 0.15) is 0 Å². The summed E-state index contributed by atoms with van der Waals surface area (Å²) in [7, 11) is 0. The van der Waals surface area contributed by atoms with Crippen LogP contribution in [0.3, 0.4) is 0 Å². The highest BCUT2D eigenvalue weighted by Gasteiger charge is 2.47. The van der Waals surface area contributed by atoms with Crippen LogP contribution < -0.4 is 5.32 Å². The average molecular weight is 287 g/mol. The fraction of sp³-hybridized carbons (Fsp3) is 0.722. The van der Waals surface area contributed by atoms with E-state index in [1.165, 1.54) is 18.4 Å². The Bertz CT molecular complexity index is 469. The van der Waals surface area contributed by atoms with Crippen molar-refractivity contribution < 1.29 is 0 Å². The predicted octanol–water partition coefficient (Wildman–Crippen LogP) is 3.24. The molecule has 1 aliphatic heterocycles. The van der Waals surface area contributed by atoms with Crippen LogP contribution in [0.15, 0.2) is 24.5 Å². The van der Waals surface area contributed by atoms with Gasteiger partial charge in [0, 0.05) is 43.1 Å². The number of hydrogen-bond donors (Lipinski definition) is 1. The maximum atomic E-state index is 4.16. The smallest absolute Gasteiger partial charge is 0.0325 e. The van der Waals surface area contributed by atoms with Gasteiger partial charge in [-0.3, -0.25) is 9.88 Å². The fourth-order valence-corrected chi connectivity index (χ4v) is 3.88. The summed E-state index contributed by atoms with van der Waals surface area (Å²) >= 11 is 0. The van der Waals surface area contributed by atoms with E-state index in [0.29, 0.717) is 23.5 Å². The van der Waals surface area contributed by atoms with E-state index in [4.69, 9.17) is 0 Å². The molecule has 3 heteroatoms. The molecule has 3 nitrogen and oxygen atoms in total. The number of aromatic nitrogens is 1. The van der Waals surface area contributed by atoms with E-state index in [1.807, 2.05) is 12.4 Å². The summed E-state index contributed by atoms with van der Waals surface area (Å²) in [4.78, 5) is 6.89. The van der Waals surface area contributed by atoms with Crippen molar-refractivity contribution in [1.82, 2.24) is 15.2 Å². The third-order valence-electron chi connectivity index (χ3n) is 5.59. The number of rotatable bonds is 4. The molecule has 0 radical (unpaired) electrons. The molecule has 0 spiro atoms. The van der Waals surface area contributed by atoms with Crippen LogP contribution in [-0.4, -0.2) is 34.6 Å². The van der Waals surface area contributed by atoms with E-state index in [9.17, 15) is 0 Å². The lowest BCUT2D eigenvalue weighted by Gasteiger charge is -2.50. The van der Waals surface area contributed by atoms with Crippen LogP contribution in [0.5, 0.6) is 0 Å². The third-order valence-corrected chi connectivity index (χ3v) is 5.59. The van der Waals surface area contributed by atoms with Gasteiger partial charge >= 0.3 is 0 Å². The molecule has 1 aromatic heterocycles. The van der Waals surface area contributed by atoms with E-state index in [2.05, 4.69) is 55.0 Å². The molecule has 2 heterocycles. The standard InChI is InChI=1S/C18H29N3/c1-13(2)17-11-20-18(4,16-5-6-16)12-21(17)14(3)15-7-9-19-10-8-15/h7-10,13-14,16-17,20H,5-6,11-12H2,1-4H3. The zero-order valence-electron chi connectivity index (χ0n) is 13.8. The highest BCUT2D eigenvalue weighted by molar-refractivity contribution is 5.16. The number of hydrogen-bond acceptors (Lipinski definition) is 3. The second-order valence-electron chi connectivity index (χ2n) is 7.51. The minimum atomic E-state index is 0.298. The van der Waals surface area contributed by atoms with E-state index in [0.717, 1.165) is 19.0 Å². The first kappa shape index (κ1) is 15.0. The lowest BCUT2D eigenvalue weighted by atomic mass is 9.86. The SMILES string of the molecule is CC(C)C1CNC(C)(C2CC2)CN1C(C)c1ccncc1. The minimum absolute atomic E-state index is 0.298. The minimum Gasteiger partial charge on any atom is -0.308 e. The molecule has 3 unspecified atom stereocenters. The van der Waals surface area contributed by atoms with E-state index < -0.39 is 0 Å². The largest absolute Gasteiger partial charge is 0.308 e. The summed E-state index contributed by atoms with van der Waals surface area (Å²) < 4.78 is 0. The lowest BCUT2D eigenvalue weighted by molar-refractivity contribution is 0.0229. The molecule has 2 fully saturated rings. The maximum absolute atomic E-state index is 4.16. The second-order valence-corrected chi connectivity index (χ2v) is 7.51. The summed E-state index contributed by atoms with van der Waals surface area (Å²) in [6, 6.07) is 5.40. The molecule has 0 amide bonds. The summed E-state index contributed by atoms with van der Waals surface area (Å²) in [5.41, 5.74) is 1.68. The van der Waals surface area contributed by atoms with Crippen LogP contribution >= 0.6 is 0 Å². The van der Waals surface area contributed by atoms with Crippen molar-refractivity contribution in [3.63, 3.8) is 0 Å². The average Bonchev–Trinajstić information content (AvgIpc) is 3.32. The summed E-state index contributed by atoms with van der Waals surface area (Å²) in [6.07, 6.45) is 6.62. The summed E-state index contributed by atoms with van der Waals surface area (Å²) in [5, 5.41) is 3.87. The van der Waals surface area contributed by atoms with E-state index in [1.54, 1.807) is 0 Å². The Hall–Kier alpha value is -0.930. The molecule has 0 bridgehead atoms. The Morgan fingerprint density at radius 2 is 1.90 bits per heavy atom. The van der Waals surface area contributed by atoms with Gasteiger partial charge in [0.2, 0.25) is 0 Å². The molecule has 0 aromatic carbocycles. The Labute approximate surface area is 129 Å². The van der Waals surface area contributed by atoms with Crippen LogP contribution in [0, 0.1) is 11.8 Å². The monoisotopic (exact) mass is 287 g/mol. The van der Waals surface area contributed by atoms with Crippen molar-refractivity contribution in [2.75, 3.05) is 13.1 Å². The van der Waals surface area contributed by atoms with Gasteiger partial charge < -0.3 is 5.32 Å². The Kier molecular flexibility index (Phi) is 4.06. The lowest BCUT2D eigenvalue weighted by Crippen LogP contribution is -2.65. The first-order valence-corrected chi connectivity index (χ1v) is 8.42. The normalized spacial score (nSPS) is 32.3. The van der Waals surface area contributed by atoms with Gasteiger partial charge in [0.15, 0.2) is 0 Å². The molecule has 1 saturated carbocycles. The number of pyridine rings is 1. The summed E-state index contributed by atoms with van der Waals surface area (Å²) in [6.45, 7) is 11.7. The van der Waals surface area contributed by atoms with Crippen molar-refractivity contribution in [2.24, 2.45) is 11.8 Å². The van der Waals surface area contributed by atoms with Gasteiger partial charge in [0.25, 0.3) is 0 Å². The highest BCUT2D eigenvalue weighted by atomic mass is 15.3. The van der Waals surface area contributed by atoms with Crippen LogP contribution in [0.4, 0.5) is 0 Å². The molecule has 2 aliphatic rings. The Balaban J connectivity index is 1.83. The molecule has 3 atom stereocenters. The molecule has 3 rings (SSSR count). The van der Waals surface area contributed by atoms with Crippen LogP contribution in [0.25, 0.3) is 0 Å². The van der Waals surface area contributed by atoms with Crippen molar-refractivity contribution in [3.05, 3.63) is 30.1 Å². The quantitative estimate of drug-likeness (QED) is 0.921. The van der Waals surface area contributed by atoms with Crippen LogP contribution in [0.1, 0.15) is 52.1 Å². The molecule has 1 saturated heterocycles. The number of nitrogens with one attached hydrogen (secondary N) is 1. The van der Waals surface area contributed by atoms with Crippen molar-refractivity contribution in [2.45, 2.75) is 58.2 Å². The first-order chi connectivity index (χ1) is 10.0. The van der Waals surface area contributed by atoms with Gasteiger partial charge in [-0.05, 0) is 56.2 Å². The molecule has 1 N–H and O–H groups in total. The molecular formula is C18H29N3. The zero-order chi connectivity index (χ0) is 15.0. The molecular weight excluding hydrogens is 258 g/mol. The van der Waals surface area contributed by atoms with Gasteiger partial charge in [0.05, 0.1) is 0 Å². The maximum Gasteiger partial charge on any atom is 0.0325 e. The van der Waals surface area contributed by atoms with Gasteiger partial charge in [-0.25, -0.2) is 0 Å². The van der Waals surface area contributed by atoms with Gasteiger partial charge in [-0.2, -0.15) is 0 Å². The second kappa shape index (κ2) is 5.69. The van der Waals surface area contributed by atoms with Gasteiger partial charge in [-0.1, -0.05) is 13.8 Å². The van der Waals surface area contributed by atoms with Crippen molar-refractivity contribution in [1.29, 1.82) is 0 Å². The number of piperazine rings is 1. The topological polar surface area (TPSA) is 28.2 Å². The molecule has 116 valence electrons. The van der Waals surface area contributed by atoms with Crippen LogP contribution in [-0.2, 0) is 0 Å². The Morgan fingerprint density at radius 1 is 1.24 bits per heavy atom. The van der Waals surface area contributed by atoms with Crippen LogP contribution in [0.2, 0.25) is 0 Å². The third kappa shape index (κ3) is 3.00.